The molecule has 0 aliphatic carbocycles. The number of hydrogen-bond donors (Lipinski definition) is 2. The molecule has 1 atom stereocenters. The van der Waals surface area contributed by atoms with E-state index in [1.54, 1.807) is 12.1 Å². The Morgan fingerprint density at radius 3 is 2.83 bits per heavy atom. The summed E-state index contributed by atoms with van der Waals surface area (Å²) in [7, 11) is 0. The molecule has 0 spiro atoms. The van der Waals surface area contributed by atoms with Crippen molar-refractivity contribution in [2.75, 3.05) is 6.54 Å². The number of rotatable bonds is 4. The quantitative estimate of drug-likeness (QED) is 0.717. The molecule has 0 fully saturated rings. The molecule has 2 aromatic carbocycles. The van der Waals surface area contributed by atoms with Crippen LogP contribution in [0.1, 0.15) is 24.0 Å². The average molecular weight is 320 g/mol. The lowest BCUT2D eigenvalue weighted by Gasteiger charge is -2.25. The summed E-state index contributed by atoms with van der Waals surface area (Å²) in [5, 5.41) is 4.70. The SMILES string of the molecule is Fc1cc(CCC2CC(c3ccccc3)=CCN2)c2cc[nH]c2c1. The van der Waals surface area contributed by atoms with E-state index in [9.17, 15) is 4.39 Å². The summed E-state index contributed by atoms with van der Waals surface area (Å²) in [6, 6.07) is 16.3. The van der Waals surface area contributed by atoms with Gasteiger partial charge >= 0.3 is 0 Å². The number of aryl methyl sites for hydroxylation is 1. The minimum Gasteiger partial charge on any atom is -0.361 e. The lowest BCUT2D eigenvalue weighted by Crippen LogP contribution is -2.33. The molecule has 2 N–H and O–H groups in total. The molecule has 0 bridgehead atoms. The summed E-state index contributed by atoms with van der Waals surface area (Å²) in [5.41, 5.74) is 4.68. The van der Waals surface area contributed by atoms with Gasteiger partial charge in [-0.2, -0.15) is 0 Å². The van der Waals surface area contributed by atoms with E-state index in [1.165, 1.54) is 11.1 Å². The first kappa shape index (κ1) is 15.2. The fraction of sp³-hybridized carbons (Fsp3) is 0.238. The van der Waals surface area contributed by atoms with Crippen LogP contribution < -0.4 is 5.32 Å². The predicted octanol–water partition coefficient (Wildman–Crippen LogP) is 4.69. The third-order valence-electron chi connectivity index (χ3n) is 4.85. The summed E-state index contributed by atoms with van der Waals surface area (Å²) in [5.74, 6) is -0.165. The number of hydrogen-bond acceptors (Lipinski definition) is 1. The van der Waals surface area contributed by atoms with Crippen LogP contribution in [0.25, 0.3) is 16.5 Å². The zero-order valence-electron chi connectivity index (χ0n) is 13.6. The highest BCUT2D eigenvalue weighted by molar-refractivity contribution is 5.83. The largest absolute Gasteiger partial charge is 0.361 e. The smallest absolute Gasteiger partial charge is 0.125 e. The Labute approximate surface area is 141 Å². The molecule has 1 unspecified atom stereocenters. The first-order valence-corrected chi connectivity index (χ1v) is 8.53. The highest BCUT2D eigenvalue weighted by Crippen LogP contribution is 2.26. The van der Waals surface area contributed by atoms with Crippen molar-refractivity contribution in [2.24, 2.45) is 0 Å². The molecule has 4 rings (SSSR count). The zero-order chi connectivity index (χ0) is 16.4. The van der Waals surface area contributed by atoms with Crippen LogP contribution in [-0.2, 0) is 6.42 Å². The van der Waals surface area contributed by atoms with Gasteiger partial charge < -0.3 is 10.3 Å². The summed E-state index contributed by atoms with van der Waals surface area (Å²) in [4.78, 5) is 3.10. The number of aromatic nitrogens is 1. The van der Waals surface area contributed by atoms with Crippen molar-refractivity contribution in [3.05, 3.63) is 77.7 Å². The van der Waals surface area contributed by atoms with Crippen LogP contribution in [0.3, 0.4) is 0 Å². The third-order valence-corrected chi connectivity index (χ3v) is 4.85. The van der Waals surface area contributed by atoms with Crippen LogP contribution in [0.5, 0.6) is 0 Å². The van der Waals surface area contributed by atoms with E-state index in [-0.39, 0.29) is 5.82 Å². The topological polar surface area (TPSA) is 27.8 Å². The second-order valence-corrected chi connectivity index (χ2v) is 6.45. The van der Waals surface area contributed by atoms with Gasteiger partial charge in [-0.15, -0.1) is 0 Å². The van der Waals surface area contributed by atoms with Gasteiger partial charge in [0.25, 0.3) is 0 Å². The van der Waals surface area contributed by atoms with E-state index < -0.39 is 0 Å². The highest BCUT2D eigenvalue weighted by Gasteiger charge is 2.16. The van der Waals surface area contributed by atoms with Gasteiger partial charge in [0.15, 0.2) is 0 Å². The van der Waals surface area contributed by atoms with Crippen molar-refractivity contribution in [1.82, 2.24) is 10.3 Å². The predicted molar refractivity (Wildman–Crippen MR) is 97.4 cm³/mol. The molecule has 0 radical (unpaired) electrons. The maximum atomic E-state index is 13.8. The Morgan fingerprint density at radius 1 is 1.08 bits per heavy atom. The van der Waals surface area contributed by atoms with Crippen LogP contribution >= 0.6 is 0 Å². The van der Waals surface area contributed by atoms with Crippen molar-refractivity contribution >= 4 is 16.5 Å². The fourth-order valence-corrected chi connectivity index (χ4v) is 3.60. The summed E-state index contributed by atoms with van der Waals surface area (Å²) >= 11 is 0. The van der Waals surface area contributed by atoms with Crippen LogP contribution in [-0.4, -0.2) is 17.6 Å². The molecule has 3 heteroatoms. The first-order valence-electron chi connectivity index (χ1n) is 8.53. The number of nitrogens with one attached hydrogen (secondary N) is 2. The molecule has 0 amide bonds. The lowest BCUT2D eigenvalue weighted by molar-refractivity contribution is 0.501. The van der Waals surface area contributed by atoms with Gasteiger partial charge in [-0.3, -0.25) is 0 Å². The Hall–Kier alpha value is -2.39. The van der Waals surface area contributed by atoms with Crippen molar-refractivity contribution in [2.45, 2.75) is 25.3 Å². The van der Waals surface area contributed by atoms with E-state index in [0.717, 1.165) is 42.3 Å². The molecular weight excluding hydrogens is 299 g/mol. The average Bonchev–Trinajstić information content (AvgIpc) is 3.09. The van der Waals surface area contributed by atoms with Crippen molar-refractivity contribution in [3.8, 4) is 0 Å². The van der Waals surface area contributed by atoms with Gasteiger partial charge in [-0.1, -0.05) is 36.4 Å². The van der Waals surface area contributed by atoms with Gasteiger partial charge in [0.2, 0.25) is 0 Å². The Morgan fingerprint density at radius 2 is 1.96 bits per heavy atom. The monoisotopic (exact) mass is 320 g/mol. The normalized spacial score (nSPS) is 17.9. The van der Waals surface area contributed by atoms with Gasteiger partial charge in [0.05, 0.1) is 0 Å². The number of fused-ring (bicyclic) bond motifs is 1. The molecule has 0 saturated heterocycles. The van der Waals surface area contributed by atoms with Crippen LogP contribution in [0.15, 0.2) is 60.8 Å². The van der Waals surface area contributed by atoms with Crippen LogP contribution in [0.2, 0.25) is 0 Å². The molecule has 1 aromatic heterocycles. The molecule has 3 aromatic rings. The van der Waals surface area contributed by atoms with Crippen molar-refractivity contribution < 1.29 is 4.39 Å². The Balaban J connectivity index is 1.46. The molecule has 0 saturated carbocycles. The van der Waals surface area contributed by atoms with Gasteiger partial charge in [0.1, 0.15) is 5.82 Å². The highest BCUT2D eigenvalue weighted by atomic mass is 19.1. The second-order valence-electron chi connectivity index (χ2n) is 6.45. The van der Waals surface area contributed by atoms with E-state index in [2.05, 4.69) is 46.7 Å². The number of halogens is 1. The summed E-state index contributed by atoms with van der Waals surface area (Å²) in [6.45, 7) is 0.900. The Kier molecular flexibility index (Phi) is 4.18. The molecular formula is C21H21FN2. The van der Waals surface area contributed by atoms with Crippen molar-refractivity contribution in [1.29, 1.82) is 0 Å². The molecule has 1 aliphatic rings. The summed E-state index contributed by atoms with van der Waals surface area (Å²) in [6.07, 6.45) is 7.07. The van der Waals surface area contributed by atoms with Gasteiger partial charge in [-0.05, 0) is 54.2 Å². The van der Waals surface area contributed by atoms with E-state index in [4.69, 9.17) is 0 Å². The van der Waals surface area contributed by atoms with Crippen LogP contribution in [0.4, 0.5) is 4.39 Å². The number of benzene rings is 2. The van der Waals surface area contributed by atoms with Crippen molar-refractivity contribution in [3.63, 3.8) is 0 Å². The van der Waals surface area contributed by atoms with E-state index in [1.807, 2.05) is 12.3 Å². The maximum Gasteiger partial charge on any atom is 0.125 e. The fourth-order valence-electron chi connectivity index (χ4n) is 3.60. The second kappa shape index (κ2) is 6.62. The minimum atomic E-state index is -0.165. The first-order chi connectivity index (χ1) is 11.8. The minimum absolute atomic E-state index is 0.165. The zero-order valence-corrected chi connectivity index (χ0v) is 13.6. The molecule has 2 heterocycles. The van der Waals surface area contributed by atoms with Gasteiger partial charge in [0, 0.05) is 29.7 Å². The third kappa shape index (κ3) is 3.13. The maximum absolute atomic E-state index is 13.8. The number of H-pyrrole nitrogens is 1. The Bertz CT molecular complexity index is 864. The number of aromatic amines is 1. The van der Waals surface area contributed by atoms with Gasteiger partial charge in [-0.25, -0.2) is 4.39 Å². The van der Waals surface area contributed by atoms with E-state index >= 15 is 0 Å². The van der Waals surface area contributed by atoms with E-state index in [0.29, 0.717) is 6.04 Å². The lowest BCUT2D eigenvalue weighted by atomic mass is 9.91. The molecule has 2 nitrogen and oxygen atoms in total. The standard InChI is InChI=1S/C21H21FN2/c22-18-12-17(20-9-11-24-21(20)14-18)6-7-19-13-16(8-10-23-19)15-4-2-1-3-5-15/h1-5,8-9,11-12,14,19,23-24H,6-7,10,13H2. The summed E-state index contributed by atoms with van der Waals surface area (Å²) < 4.78 is 13.8. The molecule has 122 valence electrons. The van der Waals surface area contributed by atoms with Crippen LogP contribution in [0, 0.1) is 5.82 Å². The molecule has 24 heavy (non-hydrogen) atoms. The molecule has 1 aliphatic heterocycles.